The minimum atomic E-state index is -5.08. The van der Waals surface area contributed by atoms with E-state index in [4.69, 9.17) is 48.3 Å². The lowest BCUT2D eigenvalue weighted by Crippen LogP contribution is -2.21. The molecule has 0 aliphatic carbocycles. The fourth-order valence-corrected chi connectivity index (χ4v) is 4.79. The van der Waals surface area contributed by atoms with Gasteiger partial charge in [-0.15, -0.1) is 0 Å². The molecular weight excluding hydrogens is 866 g/mol. The third-order valence-corrected chi connectivity index (χ3v) is 7.82. The van der Waals surface area contributed by atoms with Gasteiger partial charge in [0.05, 0.1) is 42.2 Å². The second-order valence-electron chi connectivity index (χ2n) is 11.5. The number of carboxylic acid groups (broad SMARTS) is 1. The van der Waals surface area contributed by atoms with Crippen molar-refractivity contribution in [3.05, 3.63) is 129 Å². The topological polar surface area (TPSA) is 178 Å². The van der Waals surface area contributed by atoms with Crippen LogP contribution in [-0.4, -0.2) is 53.3 Å². The predicted octanol–water partition coefficient (Wildman–Crippen LogP) is 9.86. The van der Waals surface area contributed by atoms with Gasteiger partial charge in [-0.2, -0.15) is 39.5 Å². The number of benzene rings is 3. The van der Waals surface area contributed by atoms with E-state index in [1.807, 2.05) is 6.07 Å². The lowest BCUT2D eigenvalue weighted by atomic mass is 10.1. The molecule has 2 aromatic heterocycles. The number of methoxy groups -OCH3 is 2. The highest BCUT2D eigenvalue weighted by atomic mass is 35.5. The molecule has 5 aromatic rings. The zero-order valence-electron chi connectivity index (χ0n) is 30.5. The molecule has 2 amide bonds. The molecule has 60 heavy (non-hydrogen) atoms. The number of carbonyl (C=O) groups excluding carboxylic acids is 2. The van der Waals surface area contributed by atoms with Crippen molar-refractivity contribution in [2.75, 3.05) is 35.9 Å². The van der Waals surface area contributed by atoms with Crippen LogP contribution in [0.15, 0.2) is 91.3 Å². The second-order valence-corrected chi connectivity index (χ2v) is 12.3. The van der Waals surface area contributed by atoms with Crippen LogP contribution < -0.4 is 31.2 Å². The summed E-state index contributed by atoms with van der Waals surface area (Å²) in [6.45, 7) is 0.300. The number of nitrogens with zero attached hydrogens (tertiary/aromatic N) is 2. The molecule has 12 nitrogen and oxygen atoms in total. The molecule has 0 saturated heterocycles. The summed E-state index contributed by atoms with van der Waals surface area (Å²) < 4.78 is 118. The van der Waals surface area contributed by atoms with Crippen molar-refractivity contribution >= 4 is 63.7 Å². The number of nitrogen functional groups attached to an aromatic ring is 1. The molecule has 320 valence electrons. The lowest BCUT2D eigenvalue weighted by molar-refractivity contribution is -0.192. The first-order chi connectivity index (χ1) is 27.9. The third-order valence-electron chi connectivity index (χ3n) is 7.41. The Balaban J connectivity index is 0.000000293. The first-order valence-corrected chi connectivity index (χ1v) is 17.0. The van der Waals surface area contributed by atoms with E-state index < -0.39 is 47.4 Å². The summed E-state index contributed by atoms with van der Waals surface area (Å²) in [7, 11) is 3.08. The van der Waals surface area contributed by atoms with Crippen molar-refractivity contribution in [1.82, 2.24) is 9.97 Å². The van der Waals surface area contributed by atoms with Crippen molar-refractivity contribution in [3.8, 4) is 11.5 Å². The molecule has 0 atom stereocenters. The van der Waals surface area contributed by atoms with E-state index in [2.05, 4.69) is 25.9 Å². The Bertz CT molecular complexity index is 2280. The molecule has 0 unspecified atom stereocenters. The van der Waals surface area contributed by atoms with E-state index in [1.54, 1.807) is 19.2 Å². The number of alkyl halides is 9. The first kappa shape index (κ1) is 47.9. The number of halogens is 11. The van der Waals surface area contributed by atoms with E-state index in [1.165, 1.54) is 43.8 Å². The number of ether oxygens (including phenoxy) is 2. The zero-order valence-corrected chi connectivity index (χ0v) is 32.0. The van der Waals surface area contributed by atoms with E-state index >= 15 is 0 Å². The Morgan fingerprint density at radius 2 is 1.13 bits per heavy atom. The molecule has 0 aliphatic rings. The highest BCUT2D eigenvalue weighted by molar-refractivity contribution is 6.30. The van der Waals surface area contributed by atoms with Crippen LogP contribution in [0.4, 0.5) is 62.3 Å². The SMILES string of the molecule is COc1ccc(CNc2cc(Cl)ncc2C(=O)Nc2ccc(C(F)(F)F)cc2)c(OC)c1.Nc1cc(Cl)ncc1C(=O)Nc1ccc(C(F)(F)F)cc1.O=C(O)C(F)(F)F. The molecule has 0 bridgehead atoms. The molecule has 2 heterocycles. The summed E-state index contributed by atoms with van der Waals surface area (Å²) in [5.74, 6) is -2.68. The standard InChI is InChI=1S/C22H19ClF3N3O3.C13H9ClF3N3O.C2HF3O2/c1-31-16-8-3-13(19(9-16)32-2)11-27-18-10-20(23)28-12-17(18)21(30)29-15-6-4-14(5-7-15)22(24,25)26;14-11-5-10(18)9(6-19-11)12(21)20-8-3-1-7(2-4-8)13(15,16)17;3-2(4,5)1(6)7/h3-10,12H,11H2,1-2H3,(H,27,28)(H,29,30);1-6H,(H2,18,19)(H,20,21);(H,6,7). The maximum atomic E-state index is 12.7. The Morgan fingerprint density at radius 3 is 1.55 bits per heavy atom. The third kappa shape index (κ3) is 14.4. The maximum absolute atomic E-state index is 12.7. The smallest absolute Gasteiger partial charge is 0.490 e. The molecule has 0 radical (unpaired) electrons. The van der Waals surface area contributed by atoms with Crippen LogP contribution >= 0.6 is 23.2 Å². The quantitative estimate of drug-likeness (QED) is 0.0707. The van der Waals surface area contributed by atoms with Crippen LogP contribution in [0.5, 0.6) is 11.5 Å². The van der Waals surface area contributed by atoms with Crippen LogP contribution in [-0.2, 0) is 23.7 Å². The molecule has 3 aromatic carbocycles. The van der Waals surface area contributed by atoms with Gasteiger partial charge in [0.15, 0.2) is 0 Å². The number of hydrogen-bond acceptors (Lipinski definition) is 9. The molecular formula is C37H29Cl2F9N6O6. The number of nitrogens with one attached hydrogen (secondary N) is 3. The number of carbonyl (C=O) groups is 3. The van der Waals surface area contributed by atoms with Crippen molar-refractivity contribution in [1.29, 1.82) is 0 Å². The number of pyridine rings is 2. The van der Waals surface area contributed by atoms with Gasteiger partial charge in [0, 0.05) is 47.6 Å². The van der Waals surface area contributed by atoms with E-state index in [-0.39, 0.29) is 38.5 Å². The van der Waals surface area contributed by atoms with Gasteiger partial charge in [0.25, 0.3) is 11.8 Å². The summed E-state index contributed by atoms with van der Waals surface area (Å²) >= 11 is 11.6. The Hall–Kier alpha value is -6.48. The van der Waals surface area contributed by atoms with Gasteiger partial charge in [0.2, 0.25) is 0 Å². The fourth-order valence-electron chi connectivity index (χ4n) is 4.46. The average Bonchev–Trinajstić information content (AvgIpc) is 3.16. The summed E-state index contributed by atoms with van der Waals surface area (Å²) in [6, 6.07) is 16.3. The van der Waals surface area contributed by atoms with E-state index in [0.29, 0.717) is 23.7 Å². The van der Waals surface area contributed by atoms with Crippen molar-refractivity contribution in [2.45, 2.75) is 25.1 Å². The highest BCUT2D eigenvalue weighted by Gasteiger charge is 2.38. The summed E-state index contributed by atoms with van der Waals surface area (Å²) in [6.07, 6.45) is -11.5. The maximum Gasteiger partial charge on any atom is 0.490 e. The molecule has 0 saturated carbocycles. The van der Waals surface area contributed by atoms with E-state index in [9.17, 15) is 49.1 Å². The van der Waals surface area contributed by atoms with Gasteiger partial charge in [0.1, 0.15) is 21.8 Å². The molecule has 0 fully saturated rings. The number of rotatable bonds is 9. The fraction of sp³-hybridized carbons (Fsp3) is 0.162. The molecule has 0 aliphatic heterocycles. The van der Waals surface area contributed by atoms with Crippen molar-refractivity contribution in [3.63, 3.8) is 0 Å². The number of hydrogen-bond donors (Lipinski definition) is 5. The van der Waals surface area contributed by atoms with Crippen LogP contribution in [0, 0.1) is 0 Å². The average molecular weight is 896 g/mol. The second kappa shape index (κ2) is 20.5. The van der Waals surface area contributed by atoms with Gasteiger partial charge in [-0.3, -0.25) is 9.59 Å². The summed E-state index contributed by atoms with van der Waals surface area (Å²) in [5, 5.41) is 15.5. The first-order valence-electron chi connectivity index (χ1n) is 16.2. The van der Waals surface area contributed by atoms with Gasteiger partial charge in [-0.25, -0.2) is 14.8 Å². The highest BCUT2D eigenvalue weighted by Crippen LogP contribution is 2.32. The van der Waals surface area contributed by atoms with Gasteiger partial charge in [-0.1, -0.05) is 23.2 Å². The van der Waals surface area contributed by atoms with Crippen molar-refractivity contribution < 1.29 is 68.5 Å². The number of carboxylic acids is 1. The number of aliphatic carboxylic acids is 1. The number of amides is 2. The lowest BCUT2D eigenvalue weighted by Gasteiger charge is -2.15. The normalized spacial score (nSPS) is 11.2. The minimum absolute atomic E-state index is 0.0827. The Morgan fingerprint density at radius 1 is 0.683 bits per heavy atom. The van der Waals surface area contributed by atoms with Crippen molar-refractivity contribution in [2.24, 2.45) is 0 Å². The minimum Gasteiger partial charge on any atom is -0.497 e. The van der Waals surface area contributed by atoms with Crippen LogP contribution in [0.25, 0.3) is 0 Å². The van der Waals surface area contributed by atoms with Gasteiger partial charge < -0.3 is 36.3 Å². The number of aromatic nitrogens is 2. The predicted molar refractivity (Wildman–Crippen MR) is 202 cm³/mol. The molecule has 6 N–H and O–H groups in total. The van der Waals surface area contributed by atoms with E-state index in [0.717, 1.165) is 42.0 Å². The zero-order chi connectivity index (χ0) is 45.0. The molecule has 5 rings (SSSR count). The Labute approximate surface area is 343 Å². The monoisotopic (exact) mass is 894 g/mol. The Kier molecular flexibility index (Phi) is 16.3. The summed E-state index contributed by atoms with van der Waals surface area (Å²) in [5.41, 5.74) is 6.01. The van der Waals surface area contributed by atoms with Crippen LogP contribution in [0.2, 0.25) is 10.3 Å². The molecule has 0 spiro atoms. The van der Waals surface area contributed by atoms with Crippen LogP contribution in [0.1, 0.15) is 37.4 Å². The number of nitrogens with two attached hydrogens (primary N) is 1. The van der Waals surface area contributed by atoms with Gasteiger partial charge >= 0.3 is 24.5 Å². The molecule has 23 heteroatoms. The largest absolute Gasteiger partial charge is 0.497 e. The number of anilines is 4. The van der Waals surface area contributed by atoms with Gasteiger partial charge in [-0.05, 0) is 72.8 Å². The van der Waals surface area contributed by atoms with Crippen LogP contribution in [0.3, 0.4) is 0 Å². The summed E-state index contributed by atoms with van der Waals surface area (Å²) in [4.78, 5) is 41.2.